The second-order valence-electron chi connectivity index (χ2n) is 9.61. The first-order valence-electron chi connectivity index (χ1n) is 10.9. The van der Waals surface area contributed by atoms with E-state index in [-0.39, 0.29) is 34.0 Å². The van der Waals surface area contributed by atoms with Crippen molar-refractivity contribution in [1.29, 1.82) is 0 Å². The maximum atomic E-state index is 15.4. The second-order valence-corrected chi connectivity index (χ2v) is 10.0. The maximum absolute atomic E-state index is 15.4. The predicted molar refractivity (Wildman–Crippen MR) is 124 cm³/mol. The summed E-state index contributed by atoms with van der Waals surface area (Å²) in [7, 11) is 0. The minimum atomic E-state index is -0.726. The molecular weight excluding hydrogens is 447 g/mol. The van der Waals surface area contributed by atoms with Crippen LogP contribution in [-0.2, 0) is 9.53 Å². The Balaban J connectivity index is 1.58. The molecule has 6 nitrogen and oxygen atoms in total. The van der Waals surface area contributed by atoms with Gasteiger partial charge in [0.1, 0.15) is 11.6 Å². The van der Waals surface area contributed by atoms with Crippen LogP contribution in [0.15, 0.2) is 36.4 Å². The smallest absolute Gasteiger partial charge is 0.411 e. The molecule has 1 saturated heterocycles. The standard InChI is InChI=1S/C25H26ClFN2O4/c1-13(30)14-8-9-18(26)17(10-14)16-6-5-7-19(22(16)27)28-23(31)21-12-15-11-20(15)29(21)24(32)33-25(2,3)4/h5-10,15,20-21H,11-12H2,1-4H3,(H,28,31)/t15-,20-,21+/m1/s1. The Kier molecular flexibility index (Phi) is 5.95. The summed E-state index contributed by atoms with van der Waals surface area (Å²) in [5.41, 5.74) is 0.224. The number of carbonyl (C=O) groups excluding carboxylic acids is 3. The molecule has 0 bridgehead atoms. The number of nitrogens with one attached hydrogen (secondary N) is 1. The number of piperidine rings is 1. The summed E-state index contributed by atoms with van der Waals surface area (Å²) in [6.45, 7) is 6.73. The number of anilines is 1. The van der Waals surface area contributed by atoms with Crippen LogP contribution in [0, 0.1) is 11.7 Å². The lowest BCUT2D eigenvalue weighted by molar-refractivity contribution is -0.121. The van der Waals surface area contributed by atoms with Gasteiger partial charge in [-0.15, -0.1) is 0 Å². The number of Topliss-reactive ketones (excluding diaryl/α,β-unsaturated/α-hetero) is 1. The van der Waals surface area contributed by atoms with Crippen molar-refractivity contribution in [2.75, 3.05) is 5.32 Å². The number of benzene rings is 2. The van der Waals surface area contributed by atoms with E-state index in [1.54, 1.807) is 39.0 Å². The number of nitrogens with zero attached hydrogens (tertiary/aromatic N) is 1. The Morgan fingerprint density at radius 1 is 1.12 bits per heavy atom. The zero-order valence-electron chi connectivity index (χ0n) is 18.9. The van der Waals surface area contributed by atoms with Crippen molar-refractivity contribution in [2.45, 2.75) is 58.2 Å². The highest BCUT2D eigenvalue weighted by molar-refractivity contribution is 6.33. The van der Waals surface area contributed by atoms with Crippen molar-refractivity contribution in [3.63, 3.8) is 0 Å². The first kappa shape index (κ1) is 23.2. The number of rotatable bonds is 4. The fraction of sp³-hybridized carbons (Fsp3) is 0.400. The topological polar surface area (TPSA) is 75.7 Å². The fourth-order valence-electron chi connectivity index (χ4n) is 4.27. The van der Waals surface area contributed by atoms with Crippen molar-refractivity contribution in [1.82, 2.24) is 4.90 Å². The predicted octanol–water partition coefficient (Wildman–Crippen LogP) is 5.69. The summed E-state index contributed by atoms with van der Waals surface area (Å²) in [6, 6.07) is 8.50. The molecule has 0 spiro atoms. The molecule has 1 aliphatic heterocycles. The van der Waals surface area contributed by atoms with E-state index in [1.165, 1.54) is 30.0 Å². The third-order valence-electron chi connectivity index (χ3n) is 5.93. The van der Waals surface area contributed by atoms with E-state index in [4.69, 9.17) is 16.3 Å². The molecule has 1 N–H and O–H groups in total. The molecule has 2 fully saturated rings. The molecule has 2 aromatic carbocycles. The van der Waals surface area contributed by atoms with E-state index in [2.05, 4.69) is 5.32 Å². The van der Waals surface area contributed by atoms with Gasteiger partial charge in [0.05, 0.1) is 5.69 Å². The van der Waals surface area contributed by atoms with Crippen LogP contribution in [0.2, 0.25) is 5.02 Å². The van der Waals surface area contributed by atoms with E-state index in [1.807, 2.05) is 0 Å². The summed E-state index contributed by atoms with van der Waals surface area (Å²) >= 11 is 6.27. The first-order chi connectivity index (χ1) is 15.5. The normalized spacial score (nSPS) is 21.4. The van der Waals surface area contributed by atoms with Crippen LogP contribution in [0.25, 0.3) is 11.1 Å². The van der Waals surface area contributed by atoms with E-state index < -0.39 is 29.5 Å². The molecule has 1 saturated carbocycles. The molecule has 1 heterocycles. The summed E-state index contributed by atoms with van der Waals surface area (Å²) < 4.78 is 20.9. The molecule has 0 aromatic heterocycles. The van der Waals surface area contributed by atoms with Crippen molar-refractivity contribution >= 4 is 35.1 Å². The summed E-state index contributed by atoms with van der Waals surface area (Å²) in [5.74, 6) is -1.04. The molecular formula is C25H26ClFN2O4. The number of ether oxygens (including phenoxy) is 1. The van der Waals surface area contributed by atoms with Gasteiger partial charge in [0.25, 0.3) is 0 Å². The Bertz CT molecular complexity index is 1140. The molecule has 174 valence electrons. The van der Waals surface area contributed by atoms with Crippen LogP contribution in [0.4, 0.5) is 14.9 Å². The number of carbonyl (C=O) groups is 3. The average Bonchev–Trinajstić information content (AvgIpc) is 3.37. The molecule has 1 aliphatic carbocycles. The van der Waals surface area contributed by atoms with Crippen LogP contribution in [0.1, 0.15) is 50.9 Å². The van der Waals surface area contributed by atoms with Gasteiger partial charge >= 0.3 is 6.09 Å². The maximum Gasteiger partial charge on any atom is 0.411 e. The van der Waals surface area contributed by atoms with Crippen LogP contribution in [0.3, 0.4) is 0 Å². The van der Waals surface area contributed by atoms with E-state index in [0.717, 1.165) is 6.42 Å². The number of fused-ring (bicyclic) bond motifs is 1. The number of likely N-dealkylation sites (tertiary alicyclic amines) is 1. The van der Waals surface area contributed by atoms with Gasteiger partial charge < -0.3 is 10.1 Å². The minimum Gasteiger partial charge on any atom is -0.444 e. The number of ketones is 1. The quantitative estimate of drug-likeness (QED) is 0.580. The summed E-state index contributed by atoms with van der Waals surface area (Å²) in [4.78, 5) is 39.0. The Hall–Kier alpha value is -2.93. The molecule has 4 rings (SSSR count). The minimum absolute atomic E-state index is 0.0140. The third kappa shape index (κ3) is 4.74. The third-order valence-corrected chi connectivity index (χ3v) is 6.26. The van der Waals surface area contributed by atoms with Gasteiger partial charge in [-0.3, -0.25) is 14.5 Å². The van der Waals surface area contributed by atoms with Gasteiger partial charge in [-0.05, 0) is 70.7 Å². The molecule has 2 amide bonds. The highest BCUT2D eigenvalue weighted by atomic mass is 35.5. The van der Waals surface area contributed by atoms with Gasteiger partial charge in [-0.1, -0.05) is 23.7 Å². The molecule has 33 heavy (non-hydrogen) atoms. The highest BCUT2D eigenvalue weighted by Gasteiger charge is 2.57. The number of hydrogen-bond donors (Lipinski definition) is 1. The van der Waals surface area contributed by atoms with Gasteiger partial charge in [-0.2, -0.15) is 0 Å². The number of amides is 2. The van der Waals surface area contributed by atoms with Crippen molar-refractivity contribution < 1.29 is 23.5 Å². The largest absolute Gasteiger partial charge is 0.444 e. The van der Waals surface area contributed by atoms with Gasteiger partial charge in [-0.25, -0.2) is 9.18 Å². The molecule has 0 unspecified atom stereocenters. The Morgan fingerprint density at radius 3 is 2.52 bits per heavy atom. The molecule has 8 heteroatoms. The SMILES string of the molecule is CC(=O)c1ccc(Cl)c(-c2cccc(NC(=O)[C@@H]3C[C@H]4C[C@H]4N3C(=O)OC(C)(C)C)c2F)c1. The lowest BCUT2D eigenvalue weighted by Gasteiger charge is -2.30. The Morgan fingerprint density at radius 2 is 1.85 bits per heavy atom. The van der Waals surface area contributed by atoms with Crippen LogP contribution in [-0.4, -0.2) is 40.4 Å². The van der Waals surface area contributed by atoms with Gasteiger partial charge in [0, 0.05) is 27.8 Å². The molecule has 2 aliphatic rings. The van der Waals surface area contributed by atoms with Crippen molar-refractivity contribution in [3.8, 4) is 11.1 Å². The lowest BCUT2D eigenvalue weighted by atomic mass is 10.00. The van der Waals surface area contributed by atoms with Crippen molar-refractivity contribution in [2.24, 2.45) is 5.92 Å². The van der Waals surface area contributed by atoms with E-state index in [9.17, 15) is 14.4 Å². The highest BCUT2D eigenvalue weighted by Crippen LogP contribution is 2.48. The van der Waals surface area contributed by atoms with Crippen LogP contribution >= 0.6 is 11.6 Å². The summed E-state index contributed by atoms with van der Waals surface area (Å²) in [5, 5.41) is 2.92. The number of halogens is 2. The molecule has 3 atom stereocenters. The van der Waals surface area contributed by atoms with Crippen LogP contribution < -0.4 is 5.32 Å². The zero-order valence-corrected chi connectivity index (χ0v) is 19.7. The lowest BCUT2D eigenvalue weighted by Crippen LogP contribution is -2.47. The van der Waals surface area contributed by atoms with Crippen molar-refractivity contribution in [3.05, 3.63) is 52.8 Å². The van der Waals surface area contributed by atoms with E-state index in [0.29, 0.717) is 17.5 Å². The van der Waals surface area contributed by atoms with Crippen LogP contribution in [0.5, 0.6) is 0 Å². The monoisotopic (exact) mass is 472 g/mol. The van der Waals surface area contributed by atoms with Gasteiger partial charge in [0.2, 0.25) is 5.91 Å². The fourth-order valence-corrected chi connectivity index (χ4v) is 4.49. The second kappa shape index (κ2) is 8.45. The molecule has 2 aromatic rings. The van der Waals surface area contributed by atoms with Gasteiger partial charge in [0.15, 0.2) is 11.6 Å². The first-order valence-corrected chi connectivity index (χ1v) is 11.3. The van der Waals surface area contributed by atoms with E-state index >= 15 is 4.39 Å². The Labute approximate surface area is 197 Å². The average molecular weight is 473 g/mol. The number of hydrogen-bond acceptors (Lipinski definition) is 4. The zero-order chi connectivity index (χ0) is 24.1. The summed E-state index contributed by atoms with van der Waals surface area (Å²) in [6.07, 6.45) is 0.830. The molecule has 0 radical (unpaired) electrons.